The van der Waals surface area contributed by atoms with E-state index in [0.717, 1.165) is 0 Å². The van der Waals surface area contributed by atoms with Gasteiger partial charge in [0, 0.05) is 36.2 Å². The molecule has 1 aliphatic carbocycles. The molecule has 1 aromatic rings. The number of nitrogens with zero attached hydrogens (tertiary/aromatic N) is 1. The maximum Gasteiger partial charge on any atom is 0.393 e. The second kappa shape index (κ2) is 7.74. The van der Waals surface area contributed by atoms with Crippen molar-refractivity contribution in [3.63, 3.8) is 0 Å². The van der Waals surface area contributed by atoms with E-state index >= 15 is 0 Å². The molecule has 1 fully saturated rings. The van der Waals surface area contributed by atoms with Crippen LogP contribution in [-0.2, 0) is 6.54 Å². The first kappa shape index (κ1) is 21.6. The van der Waals surface area contributed by atoms with Crippen LogP contribution in [-0.4, -0.2) is 16.5 Å². The van der Waals surface area contributed by atoms with Gasteiger partial charge in [0.25, 0.3) is 0 Å². The molecule has 1 aromatic heterocycles. The van der Waals surface area contributed by atoms with Gasteiger partial charge in [-0.05, 0) is 25.3 Å². The minimum Gasteiger partial charge on any atom is -0.402 e. The summed E-state index contributed by atoms with van der Waals surface area (Å²) < 4.78 is 43.7. The largest absolute Gasteiger partial charge is 0.402 e. The van der Waals surface area contributed by atoms with E-state index in [-0.39, 0.29) is 29.5 Å². The molecule has 1 heterocycles. The molecule has 1 aliphatic rings. The lowest BCUT2D eigenvalue weighted by molar-refractivity contribution is -0.184. The van der Waals surface area contributed by atoms with Crippen molar-refractivity contribution in [1.82, 2.24) is 4.57 Å². The fraction of sp³-hybridized carbons (Fsp3) is 0.550. The summed E-state index contributed by atoms with van der Waals surface area (Å²) >= 11 is 6.46. The number of rotatable bonds is 6. The number of aromatic nitrogens is 1. The van der Waals surface area contributed by atoms with E-state index in [1.165, 1.54) is 0 Å². The standard InChI is InChI=1S/C20H26ClF3N2O/c1-6-8-26-18(11(4)16(19(26)21)14(27)7-2)15-10(3)9-13(12(5)25)17(15)20(22,23)24/h13,15,17H,3,5-9,25H2,1-2,4H3. The van der Waals surface area contributed by atoms with E-state index in [9.17, 15) is 18.0 Å². The fourth-order valence-corrected chi connectivity index (χ4v) is 4.66. The average molecular weight is 403 g/mol. The van der Waals surface area contributed by atoms with Crippen molar-refractivity contribution in [1.29, 1.82) is 0 Å². The molecule has 0 radical (unpaired) electrons. The molecular weight excluding hydrogens is 377 g/mol. The molecule has 0 aromatic carbocycles. The Morgan fingerprint density at radius 1 is 1.37 bits per heavy atom. The summed E-state index contributed by atoms with van der Waals surface area (Å²) in [6.07, 6.45) is -3.46. The predicted molar refractivity (Wildman–Crippen MR) is 102 cm³/mol. The van der Waals surface area contributed by atoms with Crippen LogP contribution in [0.25, 0.3) is 0 Å². The van der Waals surface area contributed by atoms with E-state index in [4.69, 9.17) is 17.3 Å². The van der Waals surface area contributed by atoms with Gasteiger partial charge in [-0.1, -0.05) is 44.2 Å². The number of hydrogen-bond donors (Lipinski definition) is 1. The molecule has 0 spiro atoms. The van der Waals surface area contributed by atoms with Gasteiger partial charge < -0.3 is 10.3 Å². The fourth-order valence-electron chi connectivity index (χ4n) is 4.24. The first-order valence-electron chi connectivity index (χ1n) is 9.07. The third-order valence-electron chi connectivity index (χ3n) is 5.40. The van der Waals surface area contributed by atoms with Crippen LogP contribution in [0.15, 0.2) is 24.4 Å². The summed E-state index contributed by atoms with van der Waals surface area (Å²) in [4.78, 5) is 12.4. The smallest absolute Gasteiger partial charge is 0.393 e. The second-order valence-corrected chi connectivity index (χ2v) is 7.55. The van der Waals surface area contributed by atoms with Gasteiger partial charge in [0.1, 0.15) is 5.15 Å². The van der Waals surface area contributed by atoms with Gasteiger partial charge in [-0.2, -0.15) is 13.2 Å². The van der Waals surface area contributed by atoms with Crippen molar-refractivity contribution in [3.05, 3.63) is 46.4 Å². The molecular formula is C20H26ClF3N2O. The van der Waals surface area contributed by atoms with Gasteiger partial charge in [-0.15, -0.1) is 0 Å². The molecule has 3 atom stereocenters. The Kier molecular flexibility index (Phi) is 6.19. The van der Waals surface area contributed by atoms with Gasteiger partial charge in [0.15, 0.2) is 5.78 Å². The Hall–Kier alpha value is -1.69. The number of alkyl halides is 3. The van der Waals surface area contributed by atoms with Crippen molar-refractivity contribution < 1.29 is 18.0 Å². The maximum absolute atomic E-state index is 14.0. The highest BCUT2D eigenvalue weighted by Crippen LogP contribution is 2.56. The Balaban J connectivity index is 2.76. The Bertz CT molecular complexity index is 779. The highest BCUT2D eigenvalue weighted by Gasteiger charge is 2.56. The summed E-state index contributed by atoms with van der Waals surface area (Å²) in [5, 5.41) is 0.208. The van der Waals surface area contributed by atoms with E-state index < -0.39 is 23.9 Å². The summed E-state index contributed by atoms with van der Waals surface area (Å²) in [5.74, 6) is -3.85. The average Bonchev–Trinajstić information content (AvgIpc) is 3.02. The lowest BCUT2D eigenvalue weighted by Gasteiger charge is -2.29. The van der Waals surface area contributed by atoms with Crippen LogP contribution >= 0.6 is 11.6 Å². The highest BCUT2D eigenvalue weighted by atomic mass is 35.5. The molecule has 150 valence electrons. The molecule has 7 heteroatoms. The molecule has 0 saturated heterocycles. The van der Waals surface area contributed by atoms with Crippen molar-refractivity contribution in [2.24, 2.45) is 17.6 Å². The van der Waals surface area contributed by atoms with Gasteiger partial charge in [-0.25, -0.2) is 0 Å². The van der Waals surface area contributed by atoms with Gasteiger partial charge in [-0.3, -0.25) is 4.79 Å². The van der Waals surface area contributed by atoms with Crippen LogP contribution in [0.3, 0.4) is 0 Å². The summed E-state index contributed by atoms with van der Waals surface area (Å²) in [5.41, 5.74) is 7.39. The third kappa shape index (κ3) is 3.68. The molecule has 0 amide bonds. The lowest BCUT2D eigenvalue weighted by Crippen LogP contribution is -2.34. The Labute approximate surface area is 163 Å². The van der Waals surface area contributed by atoms with Crippen LogP contribution in [0, 0.1) is 18.8 Å². The monoisotopic (exact) mass is 402 g/mol. The maximum atomic E-state index is 14.0. The topological polar surface area (TPSA) is 48.0 Å². The van der Waals surface area contributed by atoms with Crippen molar-refractivity contribution in [2.75, 3.05) is 0 Å². The molecule has 0 bridgehead atoms. The van der Waals surface area contributed by atoms with E-state index in [0.29, 0.717) is 35.4 Å². The van der Waals surface area contributed by atoms with Crippen LogP contribution in [0.1, 0.15) is 60.6 Å². The molecule has 2 rings (SSSR count). The quantitative estimate of drug-likeness (QED) is 0.485. The van der Waals surface area contributed by atoms with Crippen LogP contribution < -0.4 is 5.73 Å². The lowest BCUT2D eigenvalue weighted by atomic mass is 9.83. The zero-order valence-corrected chi connectivity index (χ0v) is 16.7. The second-order valence-electron chi connectivity index (χ2n) is 7.19. The van der Waals surface area contributed by atoms with Gasteiger partial charge >= 0.3 is 6.18 Å². The van der Waals surface area contributed by atoms with E-state index in [1.807, 2.05) is 6.92 Å². The summed E-state index contributed by atoms with van der Waals surface area (Å²) in [6.45, 7) is 13.2. The van der Waals surface area contributed by atoms with Crippen LogP contribution in [0.2, 0.25) is 5.15 Å². The number of nitrogens with two attached hydrogens (primary N) is 1. The molecule has 1 saturated carbocycles. The minimum absolute atomic E-state index is 0.00295. The molecule has 27 heavy (non-hydrogen) atoms. The number of halogens is 4. The van der Waals surface area contributed by atoms with E-state index in [1.54, 1.807) is 18.4 Å². The number of allylic oxidation sites excluding steroid dienone is 2. The third-order valence-corrected chi connectivity index (χ3v) is 5.80. The molecule has 0 aliphatic heterocycles. The Morgan fingerprint density at radius 3 is 2.41 bits per heavy atom. The van der Waals surface area contributed by atoms with E-state index in [2.05, 4.69) is 13.2 Å². The minimum atomic E-state index is -4.48. The number of carbonyl (C=O) groups is 1. The summed E-state index contributed by atoms with van der Waals surface area (Å²) in [7, 11) is 0. The van der Waals surface area contributed by atoms with Crippen LogP contribution in [0.4, 0.5) is 13.2 Å². The Morgan fingerprint density at radius 2 is 1.96 bits per heavy atom. The highest BCUT2D eigenvalue weighted by molar-refractivity contribution is 6.33. The first-order valence-corrected chi connectivity index (χ1v) is 9.45. The molecule has 3 nitrogen and oxygen atoms in total. The zero-order chi connectivity index (χ0) is 20.7. The van der Waals surface area contributed by atoms with Crippen LogP contribution in [0.5, 0.6) is 0 Å². The zero-order valence-electron chi connectivity index (χ0n) is 15.9. The number of ketones is 1. The van der Waals surface area contributed by atoms with Crippen molar-refractivity contribution >= 4 is 17.4 Å². The van der Waals surface area contributed by atoms with Crippen molar-refractivity contribution in [2.45, 2.75) is 58.7 Å². The molecule has 2 N–H and O–H groups in total. The normalized spacial score (nSPS) is 23.1. The SMILES string of the molecule is C=C(N)C1CC(=C)C(c2c(C)c(C(=O)CC)c(Cl)n2CCC)C1C(F)(F)F. The number of hydrogen-bond acceptors (Lipinski definition) is 2. The predicted octanol–water partition coefficient (Wildman–Crippen LogP) is 5.76. The van der Waals surface area contributed by atoms with Gasteiger partial charge in [0.2, 0.25) is 0 Å². The van der Waals surface area contributed by atoms with Gasteiger partial charge in [0.05, 0.1) is 11.5 Å². The molecule has 3 unspecified atom stereocenters. The first-order chi connectivity index (χ1) is 12.5. The summed E-state index contributed by atoms with van der Waals surface area (Å²) in [6, 6.07) is 0. The number of carbonyl (C=O) groups excluding carboxylic acids is 1. The number of Topliss-reactive ketones (excluding diaryl/α,β-unsaturated/α-hetero) is 1. The van der Waals surface area contributed by atoms with Crippen molar-refractivity contribution in [3.8, 4) is 0 Å².